The van der Waals surface area contributed by atoms with Gasteiger partial charge in [0.25, 0.3) is 0 Å². The van der Waals surface area contributed by atoms with Crippen LogP contribution in [-0.4, -0.2) is 55.1 Å². The zero-order chi connectivity index (χ0) is 16.9. The number of hydrogen-bond acceptors (Lipinski definition) is 5. The summed E-state index contributed by atoms with van der Waals surface area (Å²) in [5.74, 6) is 0. The summed E-state index contributed by atoms with van der Waals surface area (Å²) in [5, 5.41) is 18.2. The van der Waals surface area contributed by atoms with Gasteiger partial charge in [-0.2, -0.15) is 0 Å². The Morgan fingerprint density at radius 3 is 2.04 bits per heavy atom. The monoisotopic (exact) mass is 330 g/mol. The lowest BCUT2D eigenvalue weighted by atomic mass is 10.1. The molecule has 2 N–H and O–H groups in total. The Labute approximate surface area is 140 Å². The molecule has 2 aliphatic heterocycles. The summed E-state index contributed by atoms with van der Waals surface area (Å²) in [5.41, 5.74) is 0.794. The van der Waals surface area contributed by atoms with Crippen molar-refractivity contribution in [1.82, 2.24) is 0 Å². The van der Waals surface area contributed by atoms with Gasteiger partial charge in [0.1, 0.15) is 12.2 Å². The second-order valence-corrected chi connectivity index (χ2v) is 6.20. The summed E-state index contributed by atoms with van der Waals surface area (Å²) < 4.78 is 15.1. The van der Waals surface area contributed by atoms with E-state index in [1.807, 2.05) is 6.08 Å². The van der Waals surface area contributed by atoms with E-state index in [4.69, 9.17) is 24.4 Å². The fourth-order valence-corrected chi connectivity index (χ4v) is 2.06. The molecule has 0 aromatic rings. The van der Waals surface area contributed by atoms with Gasteiger partial charge in [0.2, 0.25) is 0 Å². The molecule has 0 spiro atoms. The lowest BCUT2D eigenvalue weighted by molar-refractivity contribution is -0.0107. The summed E-state index contributed by atoms with van der Waals surface area (Å²) in [6, 6.07) is 0. The predicted octanol–water partition coefficient (Wildman–Crippen LogP) is 2.79. The maximum absolute atomic E-state index is 9.08. The number of unbranched alkanes of at least 4 members (excludes halogenated alkanes) is 4. The largest absolute Gasteiger partial charge is 0.376 e. The van der Waals surface area contributed by atoms with Crippen LogP contribution in [0.1, 0.15) is 58.8 Å². The van der Waals surface area contributed by atoms with Gasteiger partial charge in [-0.1, -0.05) is 39.2 Å². The molecule has 0 radical (unpaired) electrons. The van der Waals surface area contributed by atoms with E-state index < -0.39 is 6.29 Å². The number of epoxide rings is 2. The van der Waals surface area contributed by atoms with Crippen molar-refractivity contribution >= 4 is 0 Å². The second kappa shape index (κ2) is 12.9. The Bertz CT molecular complexity index is 297. The fraction of sp³-hybridized carbons (Fsp3) is 0.889. The third-order valence-electron chi connectivity index (χ3n) is 3.78. The number of rotatable bonds is 12. The third kappa shape index (κ3) is 12.6. The van der Waals surface area contributed by atoms with Crippen LogP contribution in [0.15, 0.2) is 11.6 Å². The van der Waals surface area contributed by atoms with Crippen LogP contribution in [0.5, 0.6) is 0 Å². The molecule has 136 valence electrons. The number of aliphatic hydroxyl groups excluding tert-OH is 1. The van der Waals surface area contributed by atoms with Gasteiger partial charge in [0.15, 0.2) is 6.29 Å². The molecule has 2 rings (SSSR count). The number of aliphatic hydroxyl groups is 2. The summed E-state index contributed by atoms with van der Waals surface area (Å²) in [7, 11) is 0. The van der Waals surface area contributed by atoms with E-state index in [1.165, 1.54) is 12.8 Å². The quantitative estimate of drug-likeness (QED) is 0.249. The lowest BCUT2D eigenvalue weighted by Crippen LogP contribution is -2.08. The SMILES string of the molecule is C(OCC1CO1)C1CO1.CCCCCC=C(CCCC)C(O)O. The average Bonchev–Trinajstić information content (AvgIpc) is 3.42. The highest BCUT2D eigenvalue weighted by molar-refractivity contribution is 5.04. The van der Waals surface area contributed by atoms with E-state index in [-0.39, 0.29) is 0 Å². The van der Waals surface area contributed by atoms with Gasteiger partial charge >= 0.3 is 0 Å². The molecule has 5 heteroatoms. The van der Waals surface area contributed by atoms with Gasteiger partial charge in [-0.15, -0.1) is 0 Å². The van der Waals surface area contributed by atoms with Gasteiger partial charge in [0, 0.05) is 0 Å². The maximum atomic E-state index is 9.08. The van der Waals surface area contributed by atoms with Gasteiger partial charge in [0.05, 0.1) is 26.4 Å². The molecule has 2 unspecified atom stereocenters. The van der Waals surface area contributed by atoms with Crippen molar-refractivity contribution in [2.24, 2.45) is 0 Å². The second-order valence-electron chi connectivity index (χ2n) is 6.20. The zero-order valence-electron chi connectivity index (χ0n) is 14.7. The van der Waals surface area contributed by atoms with Crippen molar-refractivity contribution < 1.29 is 24.4 Å². The Morgan fingerprint density at radius 1 is 1.04 bits per heavy atom. The van der Waals surface area contributed by atoms with Gasteiger partial charge in [-0.25, -0.2) is 0 Å². The minimum atomic E-state index is -1.25. The Hall–Kier alpha value is -0.460. The lowest BCUT2D eigenvalue weighted by Gasteiger charge is -2.08. The van der Waals surface area contributed by atoms with Crippen LogP contribution in [0.3, 0.4) is 0 Å². The van der Waals surface area contributed by atoms with Crippen molar-refractivity contribution in [3.63, 3.8) is 0 Å². The first kappa shape index (κ1) is 20.6. The molecule has 0 aliphatic carbocycles. The molecule has 2 fully saturated rings. The van der Waals surface area contributed by atoms with Crippen molar-refractivity contribution in [3.8, 4) is 0 Å². The number of ether oxygens (including phenoxy) is 3. The minimum absolute atomic E-state index is 0.392. The van der Waals surface area contributed by atoms with Crippen LogP contribution in [0.25, 0.3) is 0 Å². The maximum Gasteiger partial charge on any atom is 0.174 e. The Morgan fingerprint density at radius 2 is 1.61 bits per heavy atom. The van der Waals surface area contributed by atoms with Crippen LogP contribution in [0.4, 0.5) is 0 Å². The zero-order valence-corrected chi connectivity index (χ0v) is 14.7. The first-order valence-corrected chi connectivity index (χ1v) is 9.03. The first-order valence-electron chi connectivity index (χ1n) is 9.03. The predicted molar refractivity (Wildman–Crippen MR) is 90.3 cm³/mol. The average molecular weight is 330 g/mol. The molecule has 0 aromatic heterocycles. The van der Waals surface area contributed by atoms with Crippen LogP contribution < -0.4 is 0 Å². The molecule has 2 saturated heterocycles. The van der Waals surface area contributed by atoms with Crippen LogP contribution in [0.2, 0.25) is 0 Å². The molecule has 0 bridgehead atoms. The molecule has 5 nitrogen and oxygen atoms in total. The molecular formula is C18H34O5. The summed E-state index contributed by atoms with van der Waals surface area (Å²) in [6.07, 6.45) is 9.05. The summed E-state index contributed by atoms with van der Waals surface area (Å²) in [6.45, 7) is 7.54. The molecule has 0 saturated carbocycles. The van der Waals surface area contributed by atoms with Crippen LogP contribution in [-0.2, 0) is 14.2 Å². The van der Waals surface area contributed by atoms with Crippen molar-refractivity contribution in [1.29, 1.82) is 0 Å². The molecule has 2 aliphatic rings. The fourth-order valence-electron chi connectivity index (χ4n) is 2.06. The topological polar surface area (TPSA) is 74.8 Å². The van der Waals surface area contributed by atoms with Crippen molar-refractivity contribution in [3.05, 3.63) is 11.6 Å². The van der Waals surface area contributed by atoms with Gasteiger partial charge < -0.3 is 24.4 Å². The molecule has 2 atom stereocenters. The van der Waals surface area contributed by atoms with E-state index in [9.17, 15) is 0 Å². The molecule has 0 aromatic carbocycles. The summed E-state index contributed by atoms with van der Waals surface area (Å²) in [4.78, 5) is 0. The van der Waals surface area contributed by atoms with Crippen molar-refractivity contribution in [2.45, 2.75) is 77.3 Å². The van der Waals surface area contributed by atoms with E-state index in [0.29, 0.717) is 12.2 Å². The van der Waals surface area contributed by atoms with E-state index in [2.05, 4.69) is 13.8 Å². The minimum Gasteiger partial charge on any atom is -0.376 e. The smallest absolute Gasteiger partial charge is 0.174 e. The van der Waals surface area contributed by atoms with Gasteiger partial charge in [-0.05, 0) is 31.3 Å². The number of allylic oxidation sites excluding steroid dienone is 1. The Kier molecular flexibility index (Phi) is 11.5. The normalized spacial score (nSPS) is 22.7. The standard InChI is InChI=1S/C12H24O2.C6H10O3/c1-3-5-7-8-10-11(12(13)14)9-6-4-2;1(5-3-8-5)7-2-6-4-9-6/h10,12-14H,3-9H2,1-2H3;5-6H,1-4H2. The van der Waals surface area contributed by atoms with Crippen LogP contribution in [0, 0.1) is 0 Å². The van der Waals surface area contributed by atoms with Gasteiger partial charge in [-0.3, -0.25) is 0 Å². The van der Waals surface area contributed by atoms with Crippen LogP contribution >= 0.6 is 0 Å². The van der Waals surface area contributed by atoms with E-state index >= 15 is 0 Å². The van der Waals surface area contributed by atoms with E-state index in [1.54, 1.807) is 0 Å². The highest BCUT2D eigenvalue weighted by Gasteiger charge is 2.26. The molecular weight excluding hydrogens is 296 g/mol. The van der Waals surface area contributed by atoms with Crippen molar-refractivity contribution in [2.75, 3.05) is 26.4 Å². The first-order chi connectivity index (χ1) is 11.2. The Balaban J connectivity index is 0.000000248. The molecule has 2 heterocycles. The summed E-state index contributed by atoms with van der Waals surface area (Å²) >= 11 is 0. The molecule has 0 amide bonds. The molecule has 23 heavy (non-hydrogen) atoms. The van der Waals surface area contributed by atoms with E-state index in [0.717, 1.165) is 64.1 Å². The third-order valence-corrected chi connectivity index (χ3v) is 3.78. The number of hydrogen-bond donors (Lipinski definition) is 2. The highest BCUT2D eigenvalue weighted by atomic mass is 16.6. The highest BCUT2D eigenvalue weighted by Crippen LogP contribution is 2.13.